The number of rotatable bonds is 7. The maximum Gasteiger partial charge on any atom is 0.251 e. The number of likely N-dealkylation sites (tertiary alicyclic amines) is 1. The van der Waals surface area contributed by atoms with E-state index in [0.29, 0.717) is 44.3 Å². The monoisotopic (exact) mass is 475 g/mol. The summed E-state index contributed by atoms with van der Waals surface area (Å²) in [5.74, 6) is 1.13. The van der Waals surface area contributed by atoms with Crippen molar-refractivity contribution in [1.29, 1.82) is 0 Å². The molecule has 2 aromatic rings. The van der Waals surface area contributed by atoms with Crippen molar-refractivity contribution in [2.75, 3.05) is 32.8 Å². The summed E-state index contributed by atoms with van der Waals surface area (Å²) in [6, 6.07) is 8.07. The fraction of sp³-hybridized carbons (Fsp3) is 0.478. The number of pyridine rings is 1. The Morgan fingerprint density at radius 3 is 2.55 bits per heavy atom. The summed E-state index contributed by atoms with van der Waals surface area (Å²) in [6.07, 6.45) is 2.91. The van der Waals surface area contributed by atoms with Crippen LogP contribution >= 0.6 is 0 Å². The highest BCUT2D eigenvalue weighted by Crippen LogP contribution is 2.38. The Morgan fingerprint density at radius 1 is 1.09 bits per heavy atom. The SMILES string of the molecule is CCN(CC)S(=O)(=O)c1ccc(=O)n(CC(=O)N2CCCC2c2ccc3c(c2)OCCO3)c1. The van der Waals surface area contributed by atoms with Crippen LogP contribution in [0.1, 0.15) is 38.3 Å². The molecule has 1 aromatic carbocycles. The topological polar surface area (TPSA) is 98.2 Å². The molecule has 33 heavy (non-hydrogen) atoms. The fourth-order valence-corrected chi connectivity index (χ4v) is 5.89. The van der Waals surface area contributed by atoms with E-state index in [2.05, 4.69) is 0 Å². The molecule has 10 heteroatoms. The van der Waals surface area contributed by atoms with Gasteiger partial charge in [0.15, 0.2) is 11.5 Å². The van der Waals surface area contributed by atoms with Gasteiger partial charge in [0, 0.05) is 31.9 Å². The Hall–Kier alpha value is -2.85. The first-order chi connectivity index (χ1) is 15.8. The summed E-state index contributed by atoms with van der Waals surface area (Å²) < 4.78 is 39.5. The van der Waals surface area contributed by atoms with E-state index >= 15 is 0 Å². The van der Waals surface area contributed by atoms with Crippen LogP contribution in [0.5, 0.6) is 11.5 Å². The first-order valence-corrected chi connectivity index (χ1v) is 12.7. The summed E-state index contributed by atoms with van der Waals surface area (Å²) in [7, 11) is -3.73. The summed E-state index contributed by atoms with van der Waals surface area (Å²) in [5, 5.41) is 0. The molecule has 2 aliphatic heterocycles. The number of carbonyl (C=O) groups is 1. The molecule has 0 aliphatic carbocycles. The third-order valence-corrected chi connectivity index (χ3v) is 8.16. The normalized spacial score (nSPS) is 18.0. The van der Waals surface area contributed by atoms with Crippen LogP contribution in [0.15, 0.2) is 46.2 Å². The molecule has 2 aliphatic rings. The van der Waals surface area contributed by atoms with Crippen molar-refractivity contribution >= 4 is 15.9 Å². The molecule has 0 saturated carbocycles. The third kappa shape index (κ3) is 4.63. The van der Waals surface area contributed by atoms with Gasteiger partial charge in [-0.1, -0.05) is 19.9 Å². The summed E-state index contributed by atoms with van der Waals surface area (Å²) in [4.78, 5) is 27.4. The summed E-state index contributed by atoms with van der Waals surface area (Å²) in [5.41, 5.74) is 0.534. The van der Waals surface area contributed by atoms with Crippen LogP contribution in [0.2, 0.25) is 0 Å². The lowest BCUT2D eigenvalue weighted by molar-refractivity contribution is -0.132. The van der Waals surface area contributed by atoms with Gasteiger partial charge in [0.25, 0.3) is 5.56 Å². The molecule has 0 N–H and O–H groups in total. The highest BCUT2D eigenvalue weighted by molar-refractivity contribution is 7.89. The molecular weight excluding hydrogens is 446 g/mol. The lowest BCUT2D eigenvalue weighted by Crippen LogP contribution is -2.37. The quantitative estimate of drug-likeness (QED) is 0.608. The highest BCUT2D eigenvalue weighted by Gasteiger charge is 2.31. The average Bonchev–Trinajstić information content (AvgIpc) is 3.31. The standard InChI is InChI=1S/C23H29N3O6S/c1-3-25(4-2)33(29,30)18-8-10-22(27)24(15-18)16-23(28)26-11-5-6-19(26)17-7-9-20-21(14-17)32-13-12-31-20/h7-10,14-15,19H,3-6,11-13,16H2,1-2H3. The molecule has 1 atom stereocenters. The predicted molar refractivity (Wildman–Crippen MR) is 122 cm³/mol. The molecule has 4 rings (SSSR count). The highest BCUT2D eigenvalue weighted by atomic mass is 32.2. The van der Waals surface area contributed by atoms with E-state index in [-0.39, 0.29) is 23.4 Å². The zero-order valence-electron chi connectivity index (χ0n) is 18.9. The van der Waals surface area contributed by atoms with Crippen LogP contribution in [0.25, 0.3) is 0 Å². The van der Waals surface area contributed by atoms with Crippen molar-refractivity contribution in [1.82, 2.24) is 13.8 Å². The zero-order valence-corrected chi connectivity index (χ0v) is 19.7. The van der Waals surface area contributed by atoms with Gasteiger partial charge in [0.1, 0.15) is 19.8 Å². The number of nitrogens with zero attached hydrogens (tertiary/aromatic N) is 3. The van der Waals surface area contributed by atoms with Gasteiger partial charge in [-0.3, -0.25) is 9.59 Å². The van der Waals surface area contributed by atoms with E-state index in [9.17, 15) is 18.0 Å². The fourth-order valence-electron chi connectivity index (χ4n) is 4.41. The third-order valence-electron chi connectivity index (χ3n) is 6.13. The second-order valence-electron chi connectivity index (χ2n) is 8.07. The number of sulfonamides is 1. The van der Waals surface area contributed by atoms with Gasteiger partial charge >= 0.3 is 0 Å². The van der Waals surface area contributed by atoms with Crippen molar-refractivity contribution < 1.29 is 22.7 Å². The molecule has 0 radical (unpaired) electrons. The van der Waals surface area contributed by atoms with Gasteiger partial charge in [-0.05, 0) is 36.6 Å². The molecule has 0 bridgehead atoms. The van der Waals surface area contributed by atoms with Gasteiger partial charge < -0.3 is 18.9 Å². The number of amides is 1. The van der Waals surface area contributed by atoms with Gasteiger partial charge in [0.05, 0.1) is 10.9 Å². The smallest absolute Gasteiger partial charge is 0.251 e. The molecule has 1 saturated heterocycles. The Kier molecular flexibility index (Phi) is 6.76. The second-order valence-corrected chi connectivity index (χ2v) is 10.0. The minimum Gasteiger partial charge on any atom is -0.486 e. The minimum absolute atomic E-state index is 0.00316. The molecule has 178 valence electrons. The van der Waals surface area contributed by atoms with Crippen LogP contribution in [-0.4, -0.2) is 60.9 Å². The lowest BCUT2D eigenvalue weighted by atomic mass is 10.0. The number of benzene rings is 1. The van der Waals surface area contributed by atoms with E-state index in [1.165, 1.54) is 27.2 Å². The van der Waals surface area contributed by atoms with Gasteiger partial charge in [-0.2, -0.15) is 4.31 Å². The van der Waals surface area contributed by atoms with E-state index < -0.39 is 15.6 Å². The molecule has 9 nitrogen and oxygen atoms in total. The van der Waals surface area contributed by atoms with Gasteiger partial charge in [-0.25, -0.2) is 8.42 Å². The van der Waals surface area contributed by atoms with Crippen LogP contribution < -0.4 is 15.0 Å². The van der Waals surface area contributed by atoms with Crippen molar-refractivity contribution in [3.05, 3.63) is 52.4 Å². The molecule has 1 aromatic heterocycles. The number of ether oxygens (including phenoxy) is 2. The lowest BCUT2D eigenvalue weighted by Gasteiger charge is -2.27. The maximum atomic E-state index is 13.2. The molecule has 1 fully saturated rings. The van der Waals surface area contributed by atoms with E-state index in [4.69, 9.17) is 9.47 Å². The number of hydrogen-bond acceptors (Lipinski definition) is 6. The Balaban J connectivity index is 1.56. The molecular formula is C23H29N3O6S. The van der Waals surface area contributed by atoms with Crippen LogP contribution in [-0.2, 0) is 21.4 Å². The minimum atomic E-state index is -3.73. The number of hydrogen-bond donors (Lipinski definition) is 0. The van der Waals surface area contributed by atoms with E-state index in [1.54, 1.807) is 18.7 Å². The summed E-state index contributed by atoms with van der Waals surface area (Å²) in [6.45, 7) is 5.50. The molecule has 1 amide bonds. The van der Waals surface area contributed by atoms with Gasteiger partial charge in [-0.15, -0.1) is 0 Å². The second kappa shape index (κ2) is 9.56. The Bertz CT molecular complexity index is 1190. The van der Waals surface area contributed by atoms with E-state index in [0.717, 1.165) is 18.4 Å². The predicted octanol–water partition coefficient (Wildman–Crippen LogP) is 2.01. The van der Waals surface area contributed by atoms with Gasteiger partial charge in [0.2, 0.25) is 15.9 Å². The Labute approximate surface area is 193 Å². The van der Waals surface area contributed by atoms with Crippen molar-refractivity contribution in [2.45, 2.75) is 44.2 Å². The zero-order chi connectivity index (χ0) is 23.6. The number of aromatic nitrogens is 1. The van der Waals surface area contributed by atoms with Crippen LogP contribution in [0.4, 0.5) is 0 Å². The summed E-state index contributed by atoms with van der Waals surface area (Å²) >= 11 is 0. The van der Waals surface area contributed by atoms with Crippen molar-refractivity contribution in [3.63, 3.8) is 0 Å². The average molecular weight is 476 g/mol. The molecule has 0 spiro atoms. The molecule has 1 unspecified atom stereocenters. The first kappa shape index (κ1) is 23.3. The van der Waals surface area contributed by atoms with E-state index in [1.807, 2.05) is 18.2 Å². The number of carbonyl (C=O) groups excluding carboxylic acids is 1. The van der Waals surface area contributed by atoms with Crippen LogP contribution in [0.3, 0.4) is 0 Å². The largest absolute Gasteiger partial charge is 0.486 e. The Morgan fingerprint density at radius 2 is 1.82 bits per heavy atom. The van der Waals surface area contributed by atoms with Crippen LogP contribution in [0, 0.1) is 0 Å². The van der Waals surface area contributed by atoms with Crippen molar-refractivity contribution in [2.24, 2.45) is 0 Å². The maximum absolute atomic E-state index is 13.2. The number of fused-ring (bicyclic) bond motifs is 1. The first-order valence-electron chi connectivity index (χ1n) is 11.2. The van der Waals surface area contributed by atoms with Crippen molar-refractivity contribution in [3.8, 4) is 11.5 Å². The molecule has 3 heterocycles.